The lowest BCUT2D eigenvalue weighted by Gasteiger charge is -2.38. The molecule has 3 aliphatic rings. The minimum atomic E-state index is -2.77. The van der Waals surface area contributed by atoms with Gasteiger partial charge >= 0.3 is 0 Å². The van der Waals surface area contributed by atoms with Crippen LogP contribution in [0.25, 0.3) is 0 Å². The van der Waals surface area contributed by atoms with Crippen LogP contribution in [0, 0.1) is 17.6 Å². The third kappa shape index (κ3) is 11.3. The van der Waals surface area contributed by atoms with Gasteiger partial charge in [-0.05, 0) is 82.1 Å². The summed E-state index contributed by atoms with van der Waals surface area (Å²) in [5, 5.41) is 18.6. The van der Waals surface area contributed by atoms with Crippen molar-refractivity contribution in [2.45, 2.75) is 91.8 Å². The number of anilines is 1. The first-order valence-electron chi connectivity index (χ1n) is 18.5. The molecule has 0 saturated heterocycles. The maximum absolute atomic E-state index is 15.2. The number of aliphatic hydroxyl groups is 1. The number of benzene rings is 2. The summed E-state index contributed by atoms with van der Waals surface area (Å²) in [6, 6.07) is 5.03. The van der Waals surface area contributed by atoms with E-state index in [0.717, 1.165) is 24.0 Å². The Morgan fingerprint density at radius 3 is 2.41 bits per heavy atom. The van der Waals surface area contributed by atoms with Gasteiger partial charge in [0.05, 0.1) is 30.5 Å². The highest BCUT2D eigenvalue weighted by molar-refractivity contribution is 6.30. The second kappa shape index (κ2) is 21.9. The Bertz CT molecular complexity index is 1710. The molecule has 2 aromatic rings. The van der Waals surface area contributed by atoms with E-state index in [0.29, 0.717) is 54.4 Å². The Balaban J connectivity index is 0.00000160. The maximum Gasteiger partial charge on any atom is 0.263 e. The first-order valence-corrected chi connectivity index (χ1v) is 18.9. The lowest BCUT2D eigenvalue weighted by molar-refractivity contribution is 0.102. The molecule has 2 aliphatic heterocycles. The molecule has 0 radical (unpaired) electrons. The molecule has 0 spiro atoms. The molecule has 3 unspecified atom stereocenters. The summed E-state index contributed by atoms with van der Waals surface area (Å²) in [6.07, 6.45) is 5.91. The Morgan fingerprint density at radius 1 is 1.15 bits per heavy atom. The Kier molecular flexibility index (Phi) is 18.8. The maximum atomic E-state index is 15.2. The van der Waals surface area contributed by atoms with Gasteiger partial charge in [-0.15, -0.1) is 0 Å². The van der Waals surface area contributed by atoms with Gasteiger partial charge in [-0.3, -0.25) is 4.99 Å². The number of alkyl halides is 2. The van der Waals surface area contributed by atoms with Gasteiger partial charge < -0.3 is 36.7 Å². The van der Waals surface area contributed by atoms with Gasteiger partial charge in [0.25, 0.3) is 6.43 Å². The molecule has 3 atom stereocenters. The van der Waals surface area contributed by atoms with E-state index >= 15 is 4.39 Å². The predicted octanol–water partition coefficient (Wildman–Crippen LogP) is 8.59. The number of allylic oxidation sites excluding steroid dienone is 4. The molecule has 0 bridgehead atoms. The summed E-state index contributed by atoms with van der Waals surface area (Å²) in [5.74, 6) is -0.936. The van der Waals surface area contributed by atoms with Crippen molar-refractivity contribution < 1.29 is 32.1 Å². The number of nitrogens with one attached hydrogen (secondary N) is 2. The lowest BCUT2D eigenvalue weighted by Crippen LogP contribution is -2.49. The highest BCUT2D eigenvalue weighted by Gasteiger charge is 2.42. The van der Waals surface area contributed by atoms with Crippen LogP contribution in [0.4, 0.5) is 23.2 Å². The van der Waals surface area contributed by atoms with Crippen LogP contribution in [-0.4, -0.2) is 63.2 Å². The average Bonchev–Trinajstić information content (AvgIpc) is 3.95. The van der Waals surface area contributed by atoms with E-state index in [9.17, 15) is 18.3 Å². The second-order valence-electron chi connectivity index (χ2n) is 12.5. The van der Waals surface area contributed by atoms with E-state index in [-0.39, 0.29) is 39.9 Å². The SMILES string of the molecule is C/C=C(\C=C(/C)C(O)(CNCCc1cc(C=NC2CC2)c(N)c(OC)c1)C1=CC2=C(OCC2C)C(c2cc(Cl)c(F)cc2F)N1)C(F)F.CC.CC.CN. The normalized spacial score (nSPS) is 19.2. The summed E-state index contributed by atoms with van der Waals surface area (Å²) in [5.41, 5.74) is 12.0. The van der Waals surface area contributed by atoms with Crippen molar-refractivity contribution in [3.8, 4) is 5.75 Å². The number of rotatable bonds is 13. The molecule has 1 saturated carbocycles. The van der Waals surface area contributed by atoms with Crippen molar-refractivity contribution in [3.05, 3.63) is 104 Å². The molecule has 1 aliphatic carbocycles. The minimum absolute atomic E-state index is 0.0191. The summed E-state index contributed by atoms with van der Waals surface area (Å²) in [4.78, 5) is 4.55. The molecule has 300 valence electrons. The number of halogens is 5. The molecule has 2 aromatic carbocycles. The molecule has 7 N–H and O–H groups in total. The first kappa shape index (κ1) is 46.3. The van der Waals surface area contributed by atoms with Crippen LogP contribution in [0.3, 0.4) is 0 Å². The summed E-state index contributed by atoms with van der Waals surface area (Å²) >= 11 is 6.05. The fourth-order valence-electron chi connectivity index (χ4n) is 5.86. The number of hydrogen-bond acceptors (Lipinski definition) is 8. The molecule has 0 amide bonds. The number of nitrogen functional groups attached to an aromatic ring is 1. The van der Waals surface area contributed by atoms with E-state index in [1.807, 2.05) is 46.8 Å². The molecule has 1 fully saturated rings. The lowest BCUT2D eigenvalue weighted by atomic mass is 9.83. The van der Waals surface area contributed by atoms with Crippen LogP contribution in [0.2, 0.25) is 5.02 Å². The number of nitrogens with two attached hydrogens (primary N) is 2. The van der Waals surface area contributed by atoms with Crippen LogP contribution in [0.1, 0.15) is 84.0 Å². The summed E-state index contributed by atoms with van der Waals surface area (Å²) < 4.78 is 68.5. The van der Waals surface area contributed by atoms with Crippen LogP contribution < -0.4 is 26.8 Å². The van der Waals surface area contributed by atoms with Crippen LogP contribution in [0.15, 0.2) is 75.7 Å². The van der Waals surface area contributed by atoms with Gasteiger partial charge in [0.1, 0.15) is 34.8 Å². The number of hydrogen-bond donors (Lipinski definition) is 5. The molecule has 0 aromatic heterocycles. The minimum Gasteiger partial charge on any atom is -0.495 e. The average molecular weight is 780 g/mol. The molecular weight excluding hydrogens is 722 g/mol. The fourth-order valence-corrected chi connectivity index (χ4v) is 6.03. The van der Waals surface area contributed by atoms with Gasteiger partial charge in [0, 0.05) is 52.7 Å². The van der Waals surface area contributed by atoms with E-state index < -0.39 is 29.7 Å². The Labute approximate surface area is 323 Å². The van der Waals surface area contributed by atoms with Gasteiger partial charge in [-0.2, -0.15) is 0 Å². The van der Waals surface area contributed by atoms with Crippen molar-refractivity contribution >= 4 is 23.5 Å². The number of dihydropyridines is 1. The van der Waals surface area contributed by atoms with Crippen molar-refractivity contribution in [2.75, 3.05) is 39.6 Å². The third-order valence-corrected chi connectivity index (χ3v) is 9.27. The zero-order valence-corrected chi connectivity index (χ0v) is 33.7. The highest BCUT2D eigenvalue weighted by atomic mass is 35.5. The van der Waals surface area contributed by atoms with Crippen molar-refractivity contribution in [1.82, 2.24) is 10.6 Å². The van der Waals surface area contributed by atoms with Crippen LogP contribution in [-0.2, 0) is 11.2 Å². The van der Waals surface area contributed by atoms with Crippen LogP contribution in [0.5, 0.6) is 5.75 Å². The smallest absolute Gasteiger partial charge is 0.263 e. The van der Waals surface area contributed by atoms with Gasteiger partial charge in [-0.1, -0.05) is 58.4 Å². The monoisotopic (exact) mass is 779 g/mol. The molecule has 54 heavy (non-hydrogen) atoms. The van der Waals surface area contributed by atoms with Crippen molar-refractivity contribution in [2.24, 2.45) is 16.6 Å². The Morgan fingerprint density at radius 2 is 1.81 bits per heavy atom. The Hall–Kier alpha value is -3.84. The zero-order valence-electron chi connectivity index (χ0n) is 32.9. The summed E-state index contributed by atoms with van der Waals surface area (Å²) in [6.45, 7) is 13.6. The third-order valence-electron chi connectivity index (χ3n) is 8.98. The topological polar surface area (TPSA) is 127 Å². The number of ether oxygens (including phenoxy) is 2. The van der Waals surface area contributed by atoms with Crippen molar-refractivity contribution in [3.63, 3.8) is 0 Å². The highest BCUT2D eigenvalue weighted by Crippen LogP contribution is 2.43. The van der Waals surface area contributed by atoms with E-state index in [4.69, 9.17) is 26.8 Å². The molecule has 5 rings (SSSR count). The molecule has 13 heteroatoms. The standard InChI is InChI=1S/C36H41ClF4N4O3.2C2H6.CH5N/c1-5-22(35(40)41)10-20(3)36(46,18-43-9-8-21-11-23(16-44-24-6-7-24)32(42)30(12-21)47-4)31-14-25-19(2)17-48-34(25)33(45-31)26-13-27(37)29(39)15-28(26)38;3*1-2/h5,10-16,19,24,33,35,43,45-46H,6-9,17-18,42H2,1-4H3;2*1-2H3;2H2,1H3/b20-10+,22-5+,44-16?;;;. The largest absolute Gasteiger partial charge is 0.495 e. The quantitative estimate of drug-likeness (QED) is 0.0344. The van der Waals surface area contributed by atoms with E-state index in [2.05, 4.69) is 21.4 Å². The second-order valence-corrected chi connectivity index (χ2v) is 12.9. The summed E-state index contributed by atoms with van der Waals surface area (Å²) in [7, 11) is 3.05. The molecule has 2 heterocycles. The number of methoxy groups -OCH3 is 1. The number of aliphatic imine (C=N–C) groups is 1. The van der Waals surface area contributed by atoms with E-state index in [1.165, 1.54) is 32.2 Å². The van der Waals surface area contributed by atoms with Gasteiger partial charge in [0.2, 0.25) is 0 Å². The fraction of sp³-hybridized carbons (Fsp3) is 0.488. The number of nitrogens with zero attached hydrogens (tertiary/aromatic N) is 1. The van der Waals surface area contributed by atoms with Crippen LogP contribution >= 0.6 is 11.6 Å². The zero-order chi connectivity index (χ0) is 40.7. The van der Waals surface area contributed by atoms with Gasteiger partial charge in [0.15, 0.2) is 0 Å². The van der Waals surface area contributed by atoms with Gasteiger partial charge in [-0.25, -0.2) is 17.6 Å². The molecule has 8 nitrogen and oxygen atoms in total. The van der Waals surface area contributed by atoms with Crippen molar-refractivity contribution in [1.29, 1.82) is 0 Å². The van der Waals surface area contributed by atoms with E-state index in [1.54, 1.807) is 26.3 Å². The predicted molar refractivity (Wildman–Crippen MR) is 213 cm³/mol. The molecular formula is C41H58ClF4N5O3. The first-order chi connectivity index (χ1) is 25.9.